The van der Waals surface area contributed by atoms with Crippen LogP contribution in [0.1, 0.15) is 31.7 Å². The Balaban J connectivity index is 2.90. The molecule has 0 saturated carbocycles. The van der Waals surface area contributed by atoms with Crippen LogP contribution in [-0.2, 0) is 24.8 Å². The number of hydrogen-bond acceptors (Lipinski definition) is 3. The van der Waals surface area contributed by atoms with Crippen LogP contribution in [0.15, 0.2) is 0 Å². The third kappa shape index (κ3) is 3.03. The van der Waals surface area contributed by atoms with Gasteiger partial charge >= 0.3 is 5.97 Å². The molecular weight excluding hydrogens is 254 g/mol. The summed E-state index contributed by atoms with van der Waals surface area (Å²) >= 11 is 6.24. The molecule has 0 radical (unpaired) electrons. The van der Waals surface area contributed by atoms with Gasteiger partial charge in [0, 0.05) is 13.6 Å². The first kappa shape index (κ1) is 15.0. The van der Waals surface area contributed by atoms with Gasteiger partial charge in [0.05, 0.1) is 16.4 Å². The number of rotatable bonds is 6. The molecule has 0 fully saturated rings. The fourth-order valence-corrected chi connectivity index (χ4v) is 2.37. The van der Waals surface area contributed by atoms with Crippen molar-refractivity contribution >= 4 is 17.6 Å². The first-order valence-corrected chi connectivity index (χ1v) is 6.43. The number of aliphatic carboxylic acids is 1. The van der Waals surface area contributed by atoms with E-state index < -0.39 is 12.0 Å². The normalized spacial score (nSPS) is 13.0. The number of aryl methyl sites for hydroxylation is 2. The lowest BCUT2D eigenvalue weighted by Crippen LogP contribution is -2.37. The van der Waals surface area contributed by atoms with Crippen LogP contribution in [0.4, 0.5) is 0 Å². The summed E-state index contributed by atoms with van der Waals surface area (Å²) in [6.07, 6.45) is 1.33. The van der Waals surface area contributed by atoms with Gasteiger partial charge in [-0.15, -0.1) is 0 Å². The monoisotopic (exact) mass is 273 g/mol. The first-order valence-electron chi connectivity index (χ1n) is 6.05. The van der Waals surface area contributed by atoms with Gasteiger partial charge in [0.1, 0.15) is 6.04 Å². The Kier molecular flexibility index (Phi) is 5.16. The standard InChI is InChI=1S/C12H20ClN3O2/c1-5-8-11(13)10(16(4)14-8)7-15(3)9(6-2)12(17)18/h9H,5-7H2,1-4H3,(H,17,18). The van der Waals surface area contributed by atoms with Crippen molar-refractivity contribution < 1.29 is 9.90 Å². The van der Waals surface area contributed by atoms with Crippen molar-refractivity contribution in [3.63, 3.8) is 0 Å². The summed E-state index contributed by atoms with van der Waals surface area (Å²) in [5.41, 5.74) is 1.71. The number of nitrogens with zero attached hydrogens (tertiary/aromatic N) is 3. The molecule has 1 unspecified atom stereocenters. The number of carbonyl (C=O) groups is 1. The van der Waals surface area contributed by atoms with Crippen molar-refractivity contribution in [2.75, 3.05) is 7.05 Å². The minimum absolute atomic E-state index is 0.479. The Bertz CT molecular complexity index is 431. The van der Waals surface area contributed by atoms with Crippen molar-refractivity contribution in [2.45, 2.75) is 39.3 Å². The predicted octanol–water partition coefficient (Wildman–Crippen LogP) is 1.93. The number of hydrogen-bond donors (Lipinski definition) is 1. The van der Waals surface area contributed by atoms with Crippen LogP contribution in [0.25, 0.3) is 0 Å². The highest BCUT2D eigenvalue weighted by atomic mass is 35.5. The van der Waals surface area contributed by atoms with E-state index in [1.54, 1.807) is 16.6 Å². The van der Waals surface area contributed by atoms with E-state index in [0.717, 1.165) is 17.8 Å². The summed E-state index contributed by atoms with van der Waals surface area (Å²) in [4.78, 5) is 12.9. The van der Waals surface area contributed by atoms with Crippen LogP contribution < -0.4 is 0 Å². The molecular formula is C12H20ClN3O2. The van der Waals surface area contributed by atoms with Gasteiger partial charge in [0.25, 0.3) is 0 Å². The van der Waals surface area contributed by atoms with Crippen LogP contribution in [0.5, 0.6) is 0 Å². The lowest BCUT2D eigenvalue weighted by atomic mass is 10.2. The molecule has 0 saturated heterocycles. The van der Waals surface area contributed by atoms with Gasteiger partial charge in [-0.25, -0.2) is 0 Å². The van der Waals surface area contributed by atoms with E-state index in [1.165, 1.54) is 0 Å². The Morgan fingerprint density at radius 1 is 1.56 bits per heavy atom. The number of aromatic nitrogens is 2. The maximum Gasteiger partial charge on any atom is 0.320 e. The second kappa shape index (κ2) is 6.20. The lowest BCUT2D eigenvalue weighted by molar-refractivity contribution is -0.143. The Morgan fingerprint density at radius 3 is 2.56 bits per heavy atom. The zero-order chi connectivity index (χ0) is 13.9. The highest BCUT2D eigenvalue weighted by Gasteiger charge is 2.23. The highest BCUT2D eigenvalue weighted by Crippen LogP contribution is 2.22. The third-order valence-electron chi connectivity index (χ3n) is 3.11. The summed E-state index contributed by atoms with van der Waals surface area (Å²) in [6.45, 7) is 4.33. The van der Waals surface area contributed by atoms with Gasteiger partial charge in [-0.2, -0.15) is 5.10 Å². The van der Waals surface area contributed by atoms with Crippen LogP contribution in [-0.4, -0.2) is 38.8 Å². The zero-order valence-corrected chi connectivity index (χ0v) is 12.0. The van der Waals surface area contributed by atoms with Gasteiger partial charge in [-0.3, -0.25) is 14.4 Å². The molecule has 6 heteroatoms. The molecule has 1 N–H and O–H groups in total. The van der Waals surface area contributed by atoms with Crippen LogP contribution in [0.3, 0.4) is 0 Å². The molecule has 0 aliphatic heterocycles. The predicted molar refractivity (Wildman–Crippen MR) is 70.8 cm³/mol. The quantitative estimate of drug-likeness (QED) is 0.860. The van der Waals surface area contributed by atoms with Crippen molar-refractivity contribution in [1.82, 2.24) is 14.7 Å². The molecule has 18 heavy (non-hydrogen) atoms. The first-order chi connectivity index (χ1) is 8.42. The van der Waals surface area contributed by atoms with Crippen molar-refractivity contribution in [3.8, 4) is 0 Å². The molecule has 0 aliphatic carbocycles. The van der Waals surface area contributed by atoms with Gasteiger partial charge < -0.3 is 5.11 Å². The number of likely N-dealkylation sites (N-methyl/N-ethyl adjacent to an activating group) is 1. The smallest absolute Gasteiger partial charge is 0.320 e. The van der Waals surface area contributed by atoms with E-state index in [2.05, 4.69) is 5.10 Å². The van der Waals surface area contributed by atoms with Crippen LogP contribution in [0.2, 0.25) is 5.02 Å². The molecule has 1 heterocycles. The summed E-state index contributed by atoms with van der Waals surface area (Å²) in [5, 5.41) is 14.1. The van der Waals surface area contributed by atoms with E-state index >= 15 is 0 Å². The molecule has 0 aliphatic rings. The van der Waals surface area contributed by atoms with E-state index in [0.29, 0.717) is 18.0 Å². The summed E-state index contributed by atoms with van der Waals surface area (Å²) in [5.74, 6) is -0.811. The summed E-state index contributed by atoms with van der Waals surface area (Å²) < 4.78 is 1.73. The van der Waals surface area contributed by atoms with Gasteiger partial charge in [-0.1, -0.05) is 25.4 Å². The van der Waals surface area contributed by atoms with E-state index in [1.807, 2.05) is 20.9 Å². The molecule has 1 rings (SSSR count). The Hall–Kier alpha value is -1.07. The van der Waals surface area contributed by atoms with Crippen molar-refractivity contribution in [1.29, 1.82) is 0 Å². The maximum absolute atomic E-state index is 11.1. The van der Waals surface area contributed by atoms with Crippen molar-refractivity contribution in [2.24, 2.45) is 7.05 Å². The molecule has 0 aromatic carbocycles. The van der Waals surface area contributed by atoms with E-state index in [4.69, 9.17) is 16.7 Å². The van der Waals surface area contributed by atoms with Crippen LogP contribution in [0, 0.1) is 0 Å². The molecule has 1 aromatic heterocycles. The van der Waals surface area contributed by atoms with E-state index in [-0.39, 0.29) is 0 Å². The molecule has 0 bridgehead atoms. The topological polar surface area (TPSA) is 58.4 Å². The van der Waals surface area contributed by atoms with Gasteiger partial charge in [-0.05, 0) is 19.9 Å². The second-order valence-electron chi connectivity index (χ2n) is 4.36. The third-order valence-corrected chi connectivity index (χ3v) is 3.54. The highest BCUT2D eigenvalue weighted by molar-refractivity contribution is 6.31. The van der Waals surface area contributed by atoms with Gasteiger partial charge in [0.15, 0.2) is 0 Å². The van der Waals surface area contributed by atoms with Gasteiger partial charge in [0.2, 0.25) is 0 Å². The Morgan fingerprint density at radius 2 is 2.17 bits per heavy atom. The minimum atomic E-state index is -0.811. The number of carboxylic acid groups (broad SMARTS) is 1. The Labute approximate surface area is 112 Å². The number of halogens is 1. The van der Waals surface area contributed by atoms with E-state index in [9.17, 15) is 4.79 Å². The van der Waals surface area contributed by atoms with Crippen LogP contribution >= 0.6 is 11.6 Å². The average molecular weight is 274 g/mol. The summed E-state index contributed by atoms with van der Waals surface area (Å²) in [7, 11) is 3.62. The molecule has 1 aromatic rings. The minimum Gasteiger partial charge on any atom is -0.480 e. The van der Waals surface area contributed by atoms with Crippen molar-refractivity contribution in [3.05, 3.63) is 16.4 Å². The fraction of sp³-hybridized carbons (Fsp3) is 0.667. The maximum atomic E-state index is 11.1. The molecule has 0 spiro atoms. The average Bonchev–Trinajstić information content (AvgIpc) is 2.56. The molecule has 5 nitrogen and oxygen atoms in total. The lowest BCUT2D eigenvalue weighted by Gasteiger charge is -2.23. The summed E-state index contributed by atoms with van der Waals surface area (Å²) in [6, 6.07) is -0.499. The molecule has 1 atom stereocenters. The zero-order valence-electron chi connectivity index (χ0n) is 11.3. The molecule has 102 valence electrons. The largest absolute Gasteiger partial charge is 0.480 e. The second-order valence-corrected chi connectivity index (χ2v) is 4.74. The number of carboxylic acids is 1. The fourth-order valence-electron chi connectivity index (χ4n) is 2.01. The molecule has 0 amide bonds. The SMILES string of the molecule is CCc1nn(C)c(CN(C)C(CC)C(=O)O)c1Cl.